The molecular weight excluding hydrogens is 349 g/mol. The summed E-state index contributed by atoms with van der Waals surface area (Å²) in [7, 11) is 1.80. The van der Waals surface area contributed by atoms with Gasteiger partial charge < -0.3 is 5.73 Å². The van der Waals surface area contributed by atoms with Crippen molar-refractivity contribution < 1.29 is 9.59 Å². The maximum atomic E-state index is 12.5. The van der Waals surface area contributed by atoms with Gasteiger partial charge in [0.05, 0.1) is 27.8 Å². The van der Waals surface area contributed by atoms with Crippen molar-refractivity contribution in [3.05, 3.63) is 63.1 Å². The van der Waals surface area contributed by atoms with E-state index >= 15 is 0 Å². The van der Waals surface area contributed by atoms with Crippen molar-refractivity contribution in [3.8, 4) is 0 Å². The fraction of sp³-hybridized carbons (Fsp3) is 0.176. The summed E-state index contributed by atoms with van der Waals surface area (Å²) in [5.74, 6) is -0.719. The van der Waals surface area contributed by atoms with Crippen molar-refractivity contribution in [2.45, 2.75) is 6.54 Å². The Hall–Kier alpha value is -2.08. The molecule has 0 saturated heterocycles. The zero-order valence-corrected chi connectivity index (χ0v) is 14.4. The molecule has 0 bridgehead atoms. The molecule has 0 aliphatic carbocycles. The first-order valence-corrected chi connectivity index (χ1v) is 8.02. The van der Waals surface area contributed by atoms with Gasteiger partial charge in [-0.2, -0.15) is 0 Å². The number of fused-ring (bicyclic) bond motifs is 1. The average molecular weight is 364 g/mol. The molecule has 0 aromatic heterocycles. The Morgan fingerprint density at radius 2 is 1.79 bits per heavy atom. The predicted octanol–water partition coefficient (Wildman–Crippen LogP) is 3.26. The molecule has 1 aliphatic heterocycles. The summed E-state index contributed by atoms with van der Waals surface area (Å²) in [5.41, 5.74) is 7.58. The normalized spacial score (nSPS) is 13.8. The number of hydrogen-bond acceptors (Lipinski definition) is 4. The molecule has 0 radical (unpaired) electrons. The highest BCUT2D eigenvalue weighted by Crippen LogP contribution is 2.29. The standard InChI is InChI=1S/C17H15Cl2N3O2/c1-21(8-10-4-2-6-12(18)15(10)19)9-22-16(23)11-5-3-7-13(20)14(11)17(22)24/h2-7H,8-9,20H2,1H3. The molecule has 124 valence electrons. The lowest BCUT2D eigenvalue weighted by Gasteiger charge is -2.23. The smallest absolute Gasteiger partial charge is 0.264 e. The predicted molar refractivity (Wildman–Crippen MR) is 94.2 cm³/mol. The van der Waals surface area contributed by atoms with Crippen LogP contribution in [0.1, 0.15) is 26.3 Å². The van der Waals surface area contributed by atoms with Crippen molar-refractivity contribution in [1.82, 2.24) is 9.80 Å². The Bertz CT molecular complexity index is 839. The van der Waals surface area contributed by atoms with E-state index in [2.05, 4.69) is 0 Å². The third-order valence-corrected chi connectivity index (χ3v) is 4.74. The van der Waals surface area contributed by atoms with Crippen LogP contribution >= 0.6 is 23.2 Å². The first-order chi connectivity index (χ1) is 11.4. The number of carbonyl (C=O) groups is 2. The van der Waals surface area contributed by atoms with Crippen molar-refractivity contribution >= 4 is 40.7 Å². The fourth-order valence-electron chi connectivity index (χ4n) is 2.74. The van der Waals surface area contributed by atoms with Crippen LogP contribution in [0.5, 0.6) is 0 Å². The molecule has 0 fully saturated rings. The second kappa shape index (κ2) is 6.43. The minimum atomic E-state index is -0.378. The molecule has 3 rings (SSSR count). The lowest BCUT2D eigenvalue weighted by molar-refractivity contribution is 0.0559. The third-order valence-electron chi connectivity index (χ3n) is 3.89. The van der Waals surface area contributed by atoms with Gasteiger partial charge in [-0.15, -0.1) is 0 Å². The van der Waals surface area contributed by atoms with Gasteiger partial charge in [-0.1, -0.05) is 41.4 Å². The molecule has 0 unspecified atom stereocenters. The molecule has 5 nitrogen and oxygen atoms in total. The largest absolute Gasteiger partial charge is 0.398 e. The molecule has 24 heavy (non-hydrogen) atoms. The zero-order valence-electron chi connectivity index (χ0n) is 12.9. The first-order valence-electron chi connectivity index (χ1n) is 7.26. The van der Waals surface area contributed by atoms with Crippen molar-refractivity contribution in [3.63, 3.8) is 0 Å². The van der Waals surface area contributed by atoms with Crippen LogP contribution in [0.15, 0.2) is 36.4 Å². The number of halogens is 2. The van der Waals surface area contributed by atoms with Gasteiger partial charge in [-0.3, -0.25) is 19.4 Å². The van der Waals surface area contributed by atoms with E-state index in [-0.39, 0.29) is 24.0 Å². The first kappa shape index (κ1) is 16.8. The van der Waals surface area contributed by atoms with Crippen LogP contribution in [0.4, 0.5) is 5.69 Å². The Balaban J connectivity index is 1.77. The highest BCUT2D eigenvalue weighted by atomic mass is 35.5. The average Bonchev–Trinajstić information content (AvgIpc) is 2.78. The van der Waals surface area contributed by atoms with E-state index in [4.69, 9.17) is 28.9 Å². The monoisotopic (exact) mass is 363 g/mol. The highest BCUT2D eigenvalue weighted by molar-refractivity contribution is 6.42. The number of nitrogen functional groups attached to an aromatic ring is 1. The summed E-state index contributed by atoms with van der Waals surface area (Å²) in [6.45, 7) is 0.580. The van der Waals surface area contributed by atoms with Crippen LogP contribution in [-0.2, 0) is 6.54 Å². The van der Waals surface area contributed by atoms with Crippen LogP contribution in [0.25, 0.3) is 0 Å². The Kier molecular flexibility index (Phi) is 4.49. The van der Waals surface area contributed by atoms with Gasteiger partial charge in [0.25, 0.3) is 11.8 Å². The van der Waals surface area contributed by atoms with Crippen molar-refractivity contribution in [2.75, 3.05) is 19.5 Å². The van der Waals surface area contributed by atoms with Crippen LogP contribution in [0.2, 0.25) is 10.0 Å². The number of hydrogen-bond donors (Lipinski definition) is 1. The number of rotatable bonds is 4. The van der Waals surface area contributed by atoms with Crippen LogP contribution in [0, 0.1) is 0 Å². The van der Waals surface area contributed by atoms with Crippen LogP contribution in [0.3, 0.4) is 0 Å². The van der Waals surface area contributed by atoms with Gasteiger partial charge in [0.1, 0.15) is 0 Å². The lowest BCUT2D eigenvalue weighted by Crippen LogP contribution is -2.39. The molecule has 7 heteroatoms. The molecular formula is C17H15Cl2N3O2. The molecule has 1 aliphatic rings. The number of amides is 2. The summed E-state index contributed by atoms with van der Waals surface area (Å²) in [5, 5.41) is 0.939. The van der Waals surface area contributed by atoms with Crippen LogP contribution < -0.4 is 5.73 Å². The maximum absolute atomic E-state index is 12.5. The lowest BCUT2D eigenvalue weighted by atomic mass is 10.1. The number of nitrogens with zero attached hydrogens (tertiary/aromatic N) is 2. The molecule has 0 atom stereocenters. The molecule has 2 aromatic rings. The van der Waals surface area contributed by atoms with Gasteiger partial charge in [0, 0.05) is 12.2 Å². The second-order valence-electron chi connectivity index (χ2n) is 5.68. The zero-order chi connectivity index (χ0) is 17.4. The van der Waals surface area contributed by atoms with E-state index in [9.17, 15) is 9.59 Å². The van der Waals surface area contributed by atoms with Gasteiger partial charge in [-0.25, -0.2) is 0 Å². The molecule has 2 aromatic carbocycles. The molecule has 0 spiro atoms. The third kappa shape index (κ3) is 2.86. The highest BCUT2D eigenvalue weighted by Gasteiger charge is 2.37. The number of carbonyl (C=O) groups excluding carboxylic acids is 2. The summed E-state index contributed by atoms with van der Waals surface area (Å²) < 4.78 is 0. The van der Waals surface area contributed by atoms with E-state index in [1.165, 1.54) is 4.90 Å². The minimum Gasteiger partial charge on any atom is -0.398 e. The Morgan fingerprint density at radius 3 is 2.50 bits per heavy atom. The van der Waals surface area contributed by atoms with Crippen molar-refractivity contribution in [1.29, 1.82) is 0 Å². The van der Waals surface area contributed by atoms with Gasteiger partial charge in [0.15, 0.2) is 0 Å². The summed E-state index contributed by atoms with van der Waals surface area (Å²) in [4.78, 5) is 27.9. The number of anilines is 1. The van der Waals surface area contributed by atoms with E-state index in [1.54, 1.807) is 37.4 Å². The van der Waals surface area contributed by atoms with Crippen molar-refractivity contribution in [2.24, 2.45) is 0 Å². The van der Waals surface area contributed by atoms with Gasteiger partial charge in [0.2, 0.25) is 0 Å². The van der Waals surface area contributed by atoms with Crippen LogP contribution in [-0.4, -0.2) is 35.3 Å². The Labute approximate surface area is 149 Å². The van der Waals surface area contributed by atoms with Gasteiger partial charge in [-0.05, 0) is 30.8 Å². The van der Waals surface area contributed by atoms with E-state index in [0.717, 1.165) is 5.56 Å². The molecule has 2 N–H and O–H groups in total. The number of benzene rings is 2. The second-order valence-corrected chi connectivity index (χ2v) is 6.46. The topological polar surface area (TPSA) is 66.6 Å². The molecule has 0 saturated carbocycles. The number of nitrogens with two attached hydrogens (primary N) is 1. The number of imide groups is 1. The maximum Gasteiger partial charge on any atom is 0.264 e. The Morgan fingerprint density at radius 1 is 1.08 bits per heavy atom. The minimum absolute atomic E-state index is 0.134. The van der Waals surface area contributed by atoms with E-state index in [1.807, 2.05) is 11.0 Å². The fourth-order valence-corrected chi connectivity index (χ4v) is 3.12. The SMILES string of the molecule is CN(Cc1cccc(Cl)c1Cl)CN1C(=O)c2cccc(N)c2C1=O. The summed E-state index contributed by atoms with van der Waals surface area (Å²) in [6.07, 6.45) is 0. The molecule has 1 heterocycles. The summed E-state index contributed by atoms with van der Waals surface area (Å²) >= 11 is 12.2. The quantitative estimate of drug-likeness (QED) is 0.668. The van der Waals surface area contributed by atoms with E-state index < -0.39 is 0 Å². The summed E-state index contributed by atoms with van der Waals surface area (Å²) in [6, 6.07) is 10.3. The van der Waals surface area contributed by atoms with E-state index in [0.29, 0.717) is 27.8 Å². The van der Waals surface area contributed by atoms with Gasteiger partial charge >= 0.3 is 0 Å². The molecule has 2 amide bonds.